The molecule has 0 spiro atoms. The van der Waals surface area contributed by atoms with Gasteiger partial charge in [0.2, 0.25) is 11.6 Å². The van der Waals surface area contributed by atoms with Crippen LogP contribution < -0.4 is 0 Å². The molecule has 18 aromatic carbocycles. The summed E-state index contributed by atoms with van der Waals surface area (Å²) in [5.41, 5.74) is 38.1. The van der Waals surface area contributed by atoms with Crippen molar-refractivity contribution in [3.63, 3.8) is 0 Å². The standard InChI is InChI=1S/C56H36O2.C56H40/c57-55-51-43-27-15-16-28-44(43)52(56(55)58)54-50(46-32-30-40(36-19-7-2-8-20-36)34-48(46)38-23-11-4-12-24-38)42-26-14-13-25-41(42)49(53(51)54)45-31-29-39(35-17-5-1-6-18-35)33-47(45)37-21-9-3-10-22-37;1-5-17-37(18-6-1)41-29-31-49(51(35-41)39-21-9-3-10-22-39)53-45-27-15-16-28-46(45)54(56-48-34-33-47(55(53)56)43-25-13-14-26-44(43)48)50-32-30-42(38-19-7-2-8-20-38)36-52(50)40-23-11-4-12-24-40/h1-34,51-52H;1-32,35-36,47-48H,33-34H2. The van der Waals surface area contributed by atoms with Crippen LogP contribution in [0.15, 0.2) is 413 Å². The van der Waals surface area contributed by atoms with Crippen molar-refractivity contribution in [2.24, 2.45) is 0 Å². The Hall–Kier alpha value is -14.2. The van der Waals surface area contributed by atoms with E-state index in [1.54, 1.807) is 0 Å². The molecule has 24 rings (SSSR count). The van der Waals surface area contributed by atoms with Gasteiger partial charge >= 0.3 is 0 Å². The summed E-state index contributed by atoms with van der Waals surface area (Å²) in [5.74, 6) is -1.50. The summed E-state index contributed by atoms with van der Waals surface area (Å²) in [5, 5.41) is 4.75. The second kappa shape index (κ2) is 28.6. The van der Waals surface area contributed by atoms with Crippen LogP contribution >= 0.6 is 0 Å². The zero-order valence-corrected chi connectivity index (χ0v) is 62.8. The van der Waals surface area contributed by atoms with Gasteiger partial charge < -0.3 is 0 Å². The summed E-state index contributed by atoms with van der Waals surface area (Å²) in [4.78, 5) is 29.2. The molecule has 2 heteroatoms. The van der Waals surface area contributed by atoms with E-state index in [0.29, 0.717) is 11.8 Å². The van der Waals surface area contributed by atoms with Crippen molar-refractivity contribution in [1.82, 2.24) is 0 Å². The third-order valence-electron chi connectivity index (χ3n) is 24.7. The molecule has 0 radical (unpaired) electrons. The van der Waals surface area contributed by atoms with Crippen LogP contribution in [0.3, 0.4) is 0 Å². The first-order valence-corrected chi connectivity index (χ1v) is 39.9. The van der Waals surface area contributed by atoms with Crippen LogP contribution in [-0.2, 0) is 9.59 Å². The Morgan fingerprint density at radius 2 is 0.368 bits per heavy atom. The van der Waals surface area contributed by atoms with Crippen LogP contribution in [0, 0.1) is 0 Å². The van der Waals surface area contributed by atoms with Gasteiger partial charge in [0.25, 0.3) is 0 Å². The number of benzene rings is 18. The van der Waals surface area contributed by atoms with Crippen LogP contribution in [0.1, 0.15) is 81.0 Å². The van der Waals surface area contributed by atoms with Crippen LogP contribution in [0.25, 0.3) is 155 Å². The molecule has 0 aromatic heterocycles. The number of hydrogen-bond donors (Lipinski definition) is 0. The van der Waals surface area contributed by atoms with Gasteiger partial charge in [-0.2, -0.15) is 0 Å². The van der Waals surface area contributed by atoms with Crippen molar-refractivity contribution in [3.8, 4) is 134 Å². The van der Waals surface area contributed by atoms with E-state index in [4.69, 9.17) is 0 Å². The fourth-order valence-electron chi connectivity index (χ4n) is 19.7. The van der Waals surface area contributed by atoms with Gasteiger partial charge in [-0.3, -0.25) is 9.59 Å². The van der Waals surface area contributed by atoms with Crippen molar-refractivity contribution in [3.05, 3.63) is 457 Å². The van der Waals surface area contributed by atoms with E-state index in [9.17, 15) is 9.59 Å². The van der Waals surface area contributed by atoms with Gasteiger partial charge in [-0.1, -0.05) is 388 Å². The van der Waals surface area contributed by atoms with Crippen LogP contribution in [0.4, 0.5) is 0 Å². The van der Waals surface area contributed by atoms with Crippen molar-refractivity contribution < 1.29 is 9.59 Å². The van der Waals surface area contributed by atoms with Gasteiger partial charge in [0.1, 0.15) is 0 Å². The molecule has 0 saturated heterocycles. The van der Waals surface area contributed by atoms with Gasteiger partial charge in [-0.15, -0.1) is 0 Å². The average Bonchev–Trinajstić information content (AvgIpc) is 0.685. The molecule has 0 aliphatic heterocycles. The summed E-state index contributed by atoms with van der Waals surface area (Å²) >= 11 is 0. The van der Waals surface area contributed by atoms with E-state index in [2.05, 4.69) is 376 Å². The zero-order chi connectivity index (χ0) is 75.7. The Bertz CT molecular complexity index is 6380. The monoisotopic (exact) mass is 1450 g/mol. The summed E-state index contributed by atoms with van der Waals surface area (Å²) in [6.07, 6.45) is 2.31. The predicted molar refractivity (Wildman–Crippen MR) is 473 cm³/mol. The fourth-order valence-corrected chi connectivity index (χ4v) is 19.7. The first-order chi connectivity index (χ1) is 56.5. The smallest absolute Gasteiger partial charge is 0.211 e. The highest BCUT2D eigenvalue weighted by atomic mass is 16.2. The van der Waals surface area contributed by atoms with Crippen molar-refractivity contribution in [2.75, 3.05) is 0 Å². The van der Waals surface area contributed by atoms with E-state index in [1.807, 2.05) is 36.4 Å². The van der Waals surface area contributed by atoms with E-state index < -0.39 is 11.8 Å². The molecule has 0 N–H and O–H groups in total. The van der Waals surface area contributed by atoms with E-state index in [1.165, 1.54) is 99.8 Å². The molecule has 4 atom stereocenters. The molecule has 0 amide bonds. The van der Waals surface area contributed by atoms with Crippen molar-refractivity contribution in [1.29, 1.82) is 0 Å². The molecule has 2 nitrogen and oxygen atoms in total. The number of hydrogen-bond acceptors (Lipinski definition) is 2. The predicted octanol–water partition coefficient (Wildman–Crippen LogP) is 28.8. The molecule has 4 bridgehead atoms. The average molecular weight is 1450 g/mol. The molecule has 0 fully saturated rings. The lowest BCUT2D eigenvalue weighted by atomic mass is 9.58. The molecule has 536 valence electrons. The lowest BCUT2D eigenvalue weighted by Crippen LogP contribution is -2.41. The molecule has 114 heavy (non-hydrogen) atoms. The van der Waals surface area contributed by atoms with Gasteiger partial charge in [0.15, 0.2) is 0 Å². The topological polar surface area (TPSA) is 34.1 Å². The van der Waals surface area contributed by atoms with Crippen LogP contribution in [0.5, 0.6) is 0 Å². The number of carbonyl (C=O) groups excluding carboxylic acids is 2. The maximum absolute atomic E-state index is 14.6. The second-order valence-electron chi connectivity index (χ2n) is 30.8. The number of rotatable bonds is 12. The second-order valence-corrected chi connectivity index (χ2v) is 30.8. The SMILES string of the molecule is O=C1C(=O)C2c3ccccc3C1c1c2c(-c2ccc(-c3ccccc3)cc2-c2ccccc2)c2ccccc2c1-c1ccc(-c2ccccc2)cc1-c1ccccc1.c1ccc(-c2ccc(-c3c4c(c(-c5ccc(-c6ccccc6)cc5-c5ccccc5)c5ccccc35)C3CCC4c4ccccc43)c(-c3ccccc3)c2)cc1. The number of carbonyl (C=O) groups is 2. The summed E-state index contributed by atoms with van der Waals surface area (Å²) in [7, 11) is 0. The minimum Gasteiger partial charge on any atom is -0.290 e. The number of fused-ring (bicyclic) bond motifs is 4. The third-order valence-corrected chi connectivity index (χ3v) is 24.7. The normalized spacial score (nSPS) is 15.3. The van der Waals surface area contributed by atoms with Crippen molar-refractivity contribution in [2.45, 2.75) is 36.5 Å². The molecule has 6 aliphatic rings. The summed E-state index contributed by atoms with van der Waals surface area (Å²) in [6, 6.07) is 149. The highest BCUT2D eigenvalue weighted by Crippen LogP contribution is 2.63. The van der Waals surface area contributed by atoms with Crippen LogP contribution in [-0.4, -0.2) is 11.6 Å². The van der Waals surface area contributed by atoms with Gasteiger partial charge in [0.05, 0.1) is 11.8 Å². The van der Waals surface area contributed by atoms with Gasteiger partial charge in [-0.05, 0) is 237 Å². The molecule has 18 aromatic rings. The molecule has 0 saturated carbocycles. The van der Waals surface area contributed by atoms with Crippen LogP contribution in [0.2, 0.25) is 0 Å². The molecule has 0 heterocycles. The first kappa shape index (κ1) is 67.9. The molecule has 6 aliphatic carbocycles. The Kier molecular flexibility index (Phi) is 17.0. The Balaban J connectivity index is 0.000000143. The van der Waals surface area contributed by atoms with E-state index in [0.717, 1.165) is 113 Å². The quantitative estimate of drug-likeness (QED) is 0.114. The zero-order valence-electron chi connectivity index (χ0n) is 62.8. The largest absolute Gasteiger partial charge is 0.290 e. The first-order valence-electron chi connectivity index (χ1n) is 39.9. The van der Waals surface area contributed by atoms with Crippen molar-refractivity contribution >= 4 is 33.1 Å². The van der Waals surface area contributed by atoms with Gasteiger partial charge in [-0.25, -0.2) is 0 Å². The highest BCUT2D eigenvalue weighted by Gasteiger charge is 2.52. The van der Waals surface area contributed by atoms with E-state index >= 15 is 0 Å². The van der Waals surface area contributed by atoms with E-state index in [-0.39, 0.29) is 11.6 Å². The molecular weight excluding hydrogens is 1380 g/mol. The number of ketones is 2. The summed E-state index contributed by atoms with van der Waals surface area (Å²) in [6.45, 7) is 0. The third kappa shape index (κ3) is 11.5. The Labute approximate surface area is 665 Å². The fraction of sp³-hybridized carbons (Fsp3) is 0.0536. The lowest BCUT2D eigenvalue weighted by molar-refractivity contribution is -0.138. The Morgan fingerprint density at radius 1 is 0.167 bits per heavy atom. The highest BCUT2D eigenvalue weighted by molar-refractivity contribution is 6.46. The molecular formula is C112H76O2. The minimum atomic E-state index is -0.733. The number of Topliss-reactive ketones (excluding diaryl/α,β-unsaturated/α-hetero) is 2. The molecule has 4 unspecified atom stereocenters. The van der Waals surface area contributed by atoms with Gasteiger partial charge in [0, 0.05) is 11.8 Å². The Morgan fingerprint density at radius 3 is 0.614 bits per heavy atom. The minimum absolute atomic E-state index is 0.311. The lowest BCUT2D eigenvalue weighted by Gasteiger charge is -2.44. The summed E-state index contributed by atoms with van der Waals surface area (Å²) < 4.78 is 0. The maximum Gasteiger partial charge on any atom is 0.211 e. The maximum atomic E-state index is 14.6.